The molecule has 1 aliphatic heterocycles. The number of halogens is 1. The van der Waals surface area contributed by atoms with Gasteiger partial charge in [0.1, 0.15) is 0 Å². The van der Waals surface area contributed by atoms with Crippen molar-refractivity contribution in [3.63, 3.8) is 0 Å². The Balaban J connectivity index is 1.32. The number of amides is 3. The van der Waals surface area contributed by atoms with Crippen LogP contribution in [0.2, 0.25) is 5.02 Å². The molecule has 1 N–H and O–H groups in total. The SMILES string of the molecule is CN(Cc1ccccn1)C(=O)[C@H]1C[C@]12CCN(C(=O)Nc1ccc(Cl)cc1)C2. The Labute approximate surface area is 169 Å². The van der Waals surface area contributed by atoms with Gasteiger partial charge in [-0.25, -0.2) is 4.79 Å². The zero-order valence-electron chi connectivity index (χ0n) is 15.8. The lowest BCUT2D eigenvalue weighted by atomic mass is 10.0. The molecule has 1 spiro atoms. The lowest BCUT2D eigenvalue weighted by molar-refractivity contribution is -0.132. The van der Waals surface area contributed by atoms with Crippen LogP contribution < -0.4 is 5.32 Å². The minimum absolute atomic E-state index is 0.00505. The Morgan fingerprint density at radius 3 is 2.79 bits per heavy atom. The van der Waals surface area contributed by atoms with Crippen molar-refractivity contribution in [2.24, 2.45) is 11.3 Å². The molecule has 1 aliphatic carbocycles. The Morgan fingerprint density at radius 2 is 2.07 bits per heavy atom. The number of aromatic nitrogens is 1. The first-order valence-corrected chi connectivity index (χ1v) is 9.81. The van der Waals surface area contributed by atoms with Gasteiger partial charge < -0.3 is 15.1 Å². The van der Waals surface area contributed by atoms with E-state index in [0.717, 1.165) is 18.5 Å². The van der Waals surface area contributed by atoms with Crippen molar-refractivity contribution in [3.05, 3.63) is 59.4 Å². The van der Waals surface area contributed by atoms with Crippen molar-refractivity contribution in [1.29, 1.82) is 0 Å². The third-order valence-corrected chi connectivity index (χ3v) is 6.01. The van der Waals surface area contributed by atoms with E-state index < -0.39 is 0 Å². The number of rotatable bonds is 4. The zero-order valence-corrected chi connectivity index (χ0v) is 16.5. The van der Waals surface area contributed by atoms with Crippen LogP contribution in [-0.2, 0) is 11.3 Å². The average Bonchev–Trinajstić information content (AvgIpc) is 3.22. The smallest absolute Gasteiger partial charge is 0.321 e. The number of anilines is 1. The van der Waals surface area contributed by atoms with Crippen LogP contribution in [0.4, 0.5) is 10.5 Å². The first kappa shape index (κ1) is 18.7. The molecule has 1 saturated carbocycles. The van der Waals surface area contributed by atoms with E-state index in [1.165, 1.54) is 0 Å². The highest BCUT2D eigenvalue weighted by molar-refractivity contribution is 6.30. The molecule has 1 aromatic heterocycles. The monoisotopic (exact) mass is 398 g/mol. The van der Waals surface area contributed by atoms with Crippen molar-refractivity contribution >= 4 is 29.2 Å². The molecule has 7 heteroatoms. The summed E-state index contributed by atoms with van der Waals surface area (Å²) in [6, 6.07) is 12.6. The van der Waals surface area contributed by atoms with Crippen molar-refractivity contribution < 1.29 is 9.59 Å². The molecule has 2 atom stereocenters. The number of pyridine rings is 1. The number of hydrogen-bond acceptors (Lipinski definition) is 3. The third kappa shape index (κ3) is 3.83. The van der Waals surface area contributed by atoms with Crippen LogP contribution in [0.15, 0.2) is 48.7 Å². The maximum Gasteiger partial charge on any atom is 0.321 e. The summed E-state index contributed by atoms with van der Waals surface area (Å²) in [4.78, 5) is 33.2. The molecule has 0 bridgehead atoms. The molecule has 2 aromatic rings. The number of nitrogens with one attached hydrogen (secondary N) is 1. The van der Waals surface area contributed by atoms with E-state index in [1.54, 1.807) is 40.3 Å². The van der Waals surface area contributed by atoms with Gasteiger partial charge in [-0.05, 0) is 49.2 Å². The average molecular weight is 399 g/mol. The summed E-state index contributed by atoms with van der Waals surface area (Å²) >= 11 is 5.88. The largest absolute Gasteiger partial charge is 0.340 e. The zero-order chi connectivity index (χ0) is 19.7. The molecule has 28 heavy (non-hydrogen) atoms. The van der Waals surface area contributed by atoms with Gasteiger partial charge in [0, 0.05) is 48.4 Å². The van der Waals surface area contributed by atoms with E-state index in [4.69, 9.17) is 11.6 Å². The molecule has 6 nitrogen and oxygen atoms in total. The molecule has 2 fully saturated rings. The maximum absolute atomic E-state index is 12.8. The van der Waals surface area contributed by atoms with Gasteiger partial charge in [0.15, 0.2) is 0 Å². The second kappa shape index (κ2) is 7.43. The fourth-order valence-electron chi connectivity index (χ4n) is 4.03. The van der Waals surface area contributed by atoms with Crippen LogP contribution in [0.25, 0.3) is 0 Å². The Bertz CT molecular complexity index is 874. The molecule has 146 valence electrons. The van der Waals surface area contributed by atoms with Gasteiger partial charge in [-0.2, -0.15) is 0 Å². The minimum Gasteiger partial charge on any atom is -0.340 e. The Hall–Kier alpha value is -2.60. The van der Waals surface area contributed by atoms with E-state index in [9.17, 15) is 9.59 Å². The number of urea groups is 1. The number of nitrogens with zero attached hydrogens (tertiary/aromatic N) is 3. The first-order valence-electron chi connectivity index (χ1n) is 9.43. The summed E-state index contributed by atoms with van der Waals surface area (Å²) in [7, 11) is 1.82. The highest BCUT2D eigenvalue weighted by Gasteiger charge is 2.61. The molecule has 1 saturated heterocycles. The van der Waals surface area contributed by atoms with Crippen LogP contribution in [0, 0.1) is 11.3 Å². The topological polar surface area (TPSA) is 65.5 Å². The normalized spacial score (nSPS) is 22.9. The maximum atomic E-state index is 12.8. The standard InChI is InChI=1S/C21H23ClN4O2/c1-25(13-17-4-2-3-10-23-17)19(27)18-12-21(18)9-11-26(14-21)20(28)24-16-7-5-15(22)6-8-16/h2-8,10,18H,9,11-14H2,1H3,(H,24,28)/t18-,21+/m1/s1. The van der Waals surface area contributed by atoms with Gasteiger partial charge in [0.25, 0.3) is 0 Å². The molecule has 3 amide bonds. The fourth-order valence-corrected chi connectivity index (χ4v) is 4.16. The molecule has 1 aromatic carbocycles. The molecular weight excluding hydrogens is 376 g/mol. The number of carbonyl (C=O) groups is 2. The van der Waals surface area contributed by atoms with Gasteiger partial charge >= 0.3 is 6.03 Å². The second-order valence-corrected chi connectivity index (χ2v) is 8.18. The molecule has 0 radical (unpaired) electrons. The van der Waals surface area contributed by atoms with Gasteiger partial charge in [-0.15, -0.1) is 0 Å². The number of benzene rings is 1. The van der Waals surface area contributed by atoms with Gasteiger partial charge in [0.05, 0.1) is 12.2 Å². The summed E-state index contributed by atoms with van der Waals surface area (Å²) in [5, 5.41) is 3.53. The van der Waals surface area contributed by atoms with E-state index in [0.29, 0.717) is 30.3 Å². The molecule has 4 rings (SSSR count). The number of hydrogen-bond donors (Lipinski definition) is 1. The fraction of sp³-hybridized carbons (Fsp3) is 0.381. The van der Waals surface area contributed by atoms with E-state index in [2.05, 4.69) is 10.3 Å². The Morgan fingerprint density at radius 1 is 1.29 bits per heavy atom. The summed E-state index contributed by atoms with van der Waals surface area (Å²) in [6.45, 7) is 1.81. The lowest BCUT2D eigenvalue weighted by Gasteiger charge is -2.20. The van der Waals surface area contributed by atoms with Gasteiger partial charge in [-0.1, -0.05) is 17.7 Å². The van der Waals surface area contributed by atoms with Crippen LogP contribution in [0.1, 0.15) is 18.5 Å². The van der Waals surface area contributed by atoms with Crippen molar-refractivity contribution in [2.45, 2.75) is 19.4 Å². The molecule has 2 heterocycles. The number of carbonyl (C=O) groups excluding carboxylic acids is 2. The van der Waals surface area contributed by atoms with Crippen LogP contribution in [0.5, 0.6) is 0 Å². The minimum atomic E-state index is -0.126. The van der Waals surface area contributed by atoms with Gasteiger partial charge in [0.2, 0.25) is 5.91 Å². The highest BCUT2D eigenvalue weighted by Crippen LogP contribution is 2.59. The van der Waals surface area contributed by atoms with Crippen LogP contribution >= 0.6 is 11.6 Å². The summed E-state index contributed by atoms with van der Waals surface area (Å²) in [5.41, 5.74) is 1.53. The van der Waals surface area contributed by atoms with E-state index >= 15 is 0 Å². The first-order chi connectivity index (χ1) is 13.5. The lowest BCUT2D eigenvalue weighted by Crippen LogP contribution is -2.34. The van der Waals surface area contributed by atoms with Crippen LogP contribution in [0.3, 0.4) is 0 Å². The van der Waals surface area contributed by atoms with E-state index in [1.807, 2.05) is 25.2 Å². The van der Waals surface area contributed by atoms with E-state index in [-0.39, 0.29) is 23.3 Å². The molecule has 2 aliphatic rings. The number of likely N-dealkylation sites (tertiary alicyclic amines) is 1. The molecule has 0 unspecified atom stereocenters. The van der Waals surface area contributed by atoms with Crippen molar-refractivity contribution in [2.75, 3.05) is 25.5 Å². The van der Waals surface area contributed by atoms with Crippen molar-refractivity contribution in [1.82, 2.24) is 14.8 Å². The van der Waals surface area contributed by atoms with Crippen LogP contribution in [-0.4, -0.2) is 46.9 Å². The Kier molecular flexibility index (Phi) is 4.98. The second-order valence-electron chi connectivity index (χ2n) is 7.74. The predicted molar refractivity (Wildman–Crippen MR) is 108 cm³/mol. The summed E-state index contributed by atoms with van der Waals surface area (Å²) < 4.78 is 0. The third-order valence-electron chi connectivity index (χ3n) is 5.76. The van der Waals surface area contributed by atoms with Gasteiger partial charge in [-0.3, -0.25) is 9.78 Å². The quantitative estimate of drug-likeness (QED) is 0.855. The summed E-state index contributed by atoms with van der Waals surface area (Å²) in [6.07, 6.45) is 3.46. The molecular formula is C21H23ClN4O2. The predicted octanol–water partition coefficient (Wildman–Crippen LogP) is 3.64. The van der Waals surface area contributed by atoms with Crippen molar-refractivity contribution in [3.8, 4) is 0 Å². The highest BCUT2D eigenvalue weighted by atomic mass is 35.5. The summed E-state index contributed by atoms with van der Waals surface area (Å²) in [5.74, 6) is 0.139.